The Morgan fingerprint density at radius 1 is 0.312 bits per heavy atom. The summed E-state index contributed by atoms with van der Waals surface area (Å²) >= 11 is 2.12. The molecule has 2 unspecified atom stereocenters. The molecule has 11 heteroatoms. The molecule has 0 amide bonds. The normalized spacial score (nSPS) is 13.0. The molecule has 15 rings (SSSR count). The summed E-state index contributed by atoms with van der Waals surface area (Å²) in [5, 5.41) is 31.5. The number of allylic oxidation sites excluding steroid dienone is 1. The van der Waals surface area contributed by atoms with Crippen LogP contribution in [0.2, 0.25) is 0 Å². The first-order valence-corrected chi connectivity index (χ1v) is 37.2. The molecule has 1 aliphatic carbocycles. The van der Waals surface area contributed by atoms with Crippen LogP contribution in [0.4, 0.5) is 5.82 Å². The molecule has 6 nitrogen and oxygen atoms in total. The minimum Gasteiger partial charge on any atom is -0.389 e. The van der Waals surface area contributed by atoms with Crippen LogP contribution in [-0.2, 0) is 0 Å². The molecule has 2 aromatic heterocycles. The number of nitrogens with zero attached hydrogens (tertiary/aromatic N) is 4. The summed E-state index contributed by atoms with van der Waals surface area (Å²) in [6.07, 6.45) is 5.36. The second-order valence-corrected chi connectivity index (χ2v) is 31.2. The molecule has 0 aliphatic heterocycles. The Bertz CT molecular complexity index is 3600. The number of anilines is 1. The van der Waals surface area contributed by atoms with Gasteiger partial charge < -0.3 is 10.8 Å². The van der Waals surface area contributed by atoms with E-state index in [9.17, 15) is 5.11 Å². The van der Waals surface area contributed by atoms with E-state index in [0.29, 0.717) is 17.9 Å². The van der Waals surface area contributed by atoms with Crippen LogP contribution in [0.15, 0.2) is 382 Å². The highest BCUT2D eigenvalue weighted by Gasteiger charge is 2.24. The molecule has 93 heavy (non-hydrogen) atoms. The number of nitrogens with two attached hydrogens (primary N) is 1. The topological polar surface area (TPSA) is 89.9 Å². The van der Waals surface area contributed by atoms with Gasteiger partial charge in [0.25, 0.3) is 0 Å². The highest BCUT2D eigenvalue weighted by atomic mass is 127. The summed E-state index contributed by atoms with van der Waals surface area (Å²) in [6, 6.07) is 129. The smallest absolute Gasteiger partial charge is 0.165 e. The molecule has 0 radical (unpaired) electrons. The molecule has 0 spiro atoms. The van der Waals surface area contributed by atoms with Gasteiger partial charge >= 0.3 is 0 Å². The van der Waals surface area contributed by atoms with Gasteiger partial charge in [-0.25, -0.2) is 14.6 Å². The van der Waals surface area contributed by atoms with Crippen LogP contribution in [-0.4, -0.2) is 31.0 Å². The highest BCUT2D eigenvalue weighted by molar-refractivity contribution is 14.1. The van der Waals surface area contributed by atoms with Crippen molar-refractivity contribution in [3.8, 4) is 0 Å². The van der Waals surface area contributed by atoms with Crippen LogP contribution >= 0.6 is 54.3 Å². The quantitative estimate of drug-likeness (QED) is 0.0682. The lowest BCUT2D eigenvalue weighted by molar-refractivity contribution is 0.209. The highest BCUT2D eigenvalue weighted by Crippen LogP contribution is 2.36. The van der Waals surface area contributed by atoms with Gasteiger partial charge in [-0.05, 0) is 118 Å². The van der Waals surface area contributed by atoms with Crippen molar-refractivity contribution in [3.05, 3.63) is 386 Å². The third-order valence-corrected chi connectivity index (χ3v) is 25.5. The van der Waals surface area contributed by atoms with E-state index >= 15 is 0 Å². The second kappa shape index (κ2) is 34.7. The van der Waals surface area contributed by atoms with Gasteiger partial charge in [-0.2, -0.15) is 5.10 Å². The number of fused-ring (bicyclic) bond motifs is 1. The predicted molar refractivity (Wildman–Crippen MR) is 412 cm³/mol. The zero-order chi connectivity index (χ0) is 63.7. The van der Waals surface area contributed by atoms with Crippen LogP contribution in [0.1, 0.15) is 12.5 Å². The average molecular weight is 1390 g/mol. The first-order valence-electron chi connectivity index (χ1n) is 30.8. The van der Waals surface area contributed by atoms with E-state index in [1.807, 2.05) is 6.08 Å². The number of hydrogen-bond donors (Lipinski definition) is 2. The Hall–Kier alpha value is -8.86. The Labute approximate surface area is 565 Å². The van der Waals surface area contributed by atoms with Crippen molar-refractivity contribution < 1.29 is 5.11 Å². The summed E-state index contributed by atoms with van der Waals surface area (Å²) in [6.45, 7) is 0. The van der Waals surface area contributed by atoms with Gasteiger partial charge in [0.05, 0.1) is 17.5 Å². The second-order valence-electron chi connectivity index (χ2n) is 21.3. The first-order chi connectivity index (χ1) is 46.0. The lowest BCUT2D eigenvalue weighted by Gasteiger charge is -2.18. The van der Waals surface area contributed by atoms with Crippen LogP contribution in [0.5, 0.6) is 0 Å². The first kappa shape index (κ1) is 65.6. The van der Waals surface area contributed by atoms with Gasteiger partial charge in [0.15, 0.2) is 5.65 Å². The third-order valence-electron chi connectivity index (χ3n) is 15.0. The minimum atomic E-state index is -0.446. The zero-order valence-corrected chi connectivity index (χ0v) is 57.0. The van der Waals surface area contributed by atoms with E-state index in [1.165, 1.54) is 70.0 Å². The maximum absolute atomic E-state index is 9.51. The molecule has 456 valence electrons. The molecular weight excluding hydrogens is 1320 g/mol. The summed E-state index contributed by atoms with van der Waals surface area (Å²) in [5.41, 5.74) is 6.53. The summed E-state index contributed by atoms with van der Waals surface area (Å²) in [4.78, 5) is 8.19. The SMILES string of the molecule is Nc1ncnc2c1c(I)nn2C1C=CC(O)C1.c1ccc(P(c2ccccc2)c2ccccc2)cc1.c1ccc(P(c2ccccc2)c2ccccc2)cc1.c1ccc(P(c2ccccc2)c2ccccc2)cc1.c1ccc(P(c2ccccc2)c2ccccc2)cc1. The zero-order valence-electron chi connectivity index (χ0n) is 51.2. The Balaban J connectivity index is 0.000000119. The fraction of sp³-hybridized carbons (Fsp3) is 0.0366. The van der Waals surface area contributed by atoms with Gasteiger partial charge in [0.2, 0.25) is 0 Å². The standard InChI is InChI=1S/4C18H15P.C10H10IN5O/c4*1-4-10-16(11-5-1)19(17-12-6-2-7-13-17)18-14-8-3-9-15-18;11-8-7-9(12)13-4-14-10(7)16(15-8)5-1-2-6(17)3-5/h4*1-15H;1-2,4-6,17H,3H2,(H2,12,13,14). The maximum atomic E-state index is 9.51. The van der Waals surface area contributed by atoms with Gasteiger partial charge in [0, 0.05) is 6.42 Å². The van der Waals surface area contributed by atoms with Crippen LogP contribution in [0, 0.1) is 3.70 Å². The average Bonchev–Trinajstić information content (AvgIpc) is 1.73. The number of hydrogen-bond acceptors (Lipinski definition) is 5. The summed E-state index contributed by atoms with van der Waals surface area (Å²) in [5.74, 6) is 0.438. The van der Waals surface area contributed by atoms with Crippen molar-refractivity contribution in [2.45, 2.75) is 18.6 Å². The van der Waals surface area contributed by atoms with Crippen LogP contribution in [0.3, 0.4) is 0 Å². The molecule has 3 N–H and O–H groups in total. The molecule has 12 aromatic carbocycles. The number of halogens is 1. The molecule has 0 fully saturated rings. The maximum Gasteiger partial charge on any atom is 0.165 e. The van der Waals surface area contributed by atoms with E-state index in [-0.39, 0.29) is 6.04 Å². The van der Waals surface area contributed by atoms with Crippen LogP contribution < -0.4 is 69.4 Å². The van der Waals surface area contributed by atoms with E-state index in [4.69, 9.17) is 5.73 Å². The van der Waals surface area contributed by atoms with Gasteiger partial charge in [-0.15, -0.1) is 0 Å². The van der Waals surface area contributed by atoms with Crippen molar-refractivity contribution in [3.63, 3.8) is 0 Å². The van der Waals surface area contributed by atoms with Crippen LogP contribution in [0.25, 0.3) is 11.0 Å². The number of benzene rings is 12. The van der Waals surface area contributed by atoms with E-state index in [0.717, 1.165) is 9.09 Å². The molecule has 2 atom stereocenters. The van der Waals surface area contributed by atoms with Crippen molar-refractivity contribution in [1.82, 2.24) is 19.7 Å². The van der Waals surface area contributed by atoms with E-state index in [2.05, 4.69) is 402 Å². The van der Waals surface area contributed by atoms with Gasteiger partial charge in [0.1, 0.15) is 15.8 Å². The Morgan fingerprint density at radius 3 is 0.699 bits per heavy atom. The Morgan fingerprint density at radius 2 is 0.516 bits per heavy atom. The van der Waals surface area contributed by atoms with Crippen molar-refractivity contribution in [1.29, 1.82) is 0 Å². The Kier molecular flexibility index (Phi) is 24.5. The molecule has 14 aromatic rings. The molecule has 0 saturated heterocycles. The molecule has 0 saturated carbocycles. The number of aliphatic hydroxyl groups excluding tert-OH is 1. The van der Waals surface area contributed by atoms with Crippen molar-refractivity contribution in [2.75, 3.05) is 5.73 Å². The fourth-order valence-corrected chi connectivity index (χ4v) is 20.7. The van der Waals surface area contributed by atoms with Gasteiger partial charge in [-0.1, -0.05) is 376 Å². The largest absolute Gasteiger partial charge is 0.389 e. The fourth-order valence-electron chi connectivity index (χ4n) is 10.7. The van der Waals surface area contributed by atoms with Crippen molar-refractivity contribution >= 4 is 135 Å². The lowest BCUT2D eigenvalue weighted by atomic mass is 10.2. The molecule has 2 heterocycles. The third kappa shape index (κ3) is 18.1. The minimum absolute atomic E-state index is 0.0327. The van der Waals surface area contributed by atoms with Gasteiger partial charge in [-0.3, -0.25) is 0 Å². The number of rotatable bonds is 13. The number of aromatic nitrogens is 4. The van der Waals surface area contributed by atoms with E-state index < -0.39 is 37.8 Å². The summed E-state index contributed by atoms with van der Waals surface area (Å²) in [7, 11) is -1.78. The number of aliphatic hydroxyl groups is 1. The predicted octanol–water partition coefficient (Wildman–Crippen LogP) is 14.7. The van der Waals surface area contributed by atoms with Crippen molar-refractivity contribution in [2.24, 2.45) is 0 Å². The summed E-state index contributed by atoms with van der Waals surface area (Å²) < 4.78 is 2.58. The number of nitrogen functional groups attached to an aromatic ring is 1. The molecule has 0 bridgehead atoms. The monoisotopic (exact) mass is 1390 g/mol. The molecular formula is C82H70IN5OP4. The van der Waals surface area contributed by atoms with E-state index in [1.54, 1.807) is 10.8 Å². The lowest BCUT2D eigenvalue weighted by Crippen LogP contribution is -2.20. The molecule has 1 aliphatic rings.